The van der Waals surface area contributed by atoms with E-state index in [1.807, 2.05) is 36.4 Å². The van der Waals surface area contributed by atoms with Crippen LogP contribution in [0.3, 0.4) is 0 Å². The lowest BCUT2D eigenvalue weighted by molar-refractivity contribution is -0.118. The summed E-state index contributed by atoms with van der Waals surface area (Å²) in [6.07, 6.45) is 1.09. The molecule has 0 bridgehead atoms. The number of rotatable bonds is 4. The summed E-state index contributed by atoms with van der Waals surface area (Å²) in [5.74, 6) is 1.23. The number of Topliss-reactive ketones (excluding diaryl/α,β-unsaturated/α-hetero) is 1. The van der Waals surface area contributed by atoms with Crippen molar-refractivity contribution in [1.29, 1.82) is 0 Å². The lowest BCUT2D eigenvalue weighted by Crippen LogP contribution is -2.38. The molecule has 0 fully saturated rings. The molecule has 33 heavy (non-hydrogen) atoms. The van der Waals surface area contributed by atoms with Crippen molar-refractivity contribution in [3.8, 4) is 17.2 Å². The highest BCUT2D eigenvalue weighted by Crippen LogP contribution is 2.50. The number of fused-ring (bicyclic) bond motifs is 1. The molecule has 1 atom stereocenters. The number of anilines is 2. The van der Waals surface area contributed by atoms with E-state index in [0.29, 0.717) is 46.9 Å². The molecule has 0 radical (unpaired) electrons. The highest BCUT2D eigenvalue weighted by molar-refractivity contribution is 6.06. The largest absolute Gasteiger partial charge is 0.493 e. The van der Waals surface area contributed by atoms with E-state index in [1.54, 1.807) is 26.2 Å². The molecule has 4 rings (SSSR count). The third-order valence-electron chi connectivity index (χ3n) is 6.24. The zero-order valence-electron chi connectivity index (χ0n) is 19.9. The normalized spacial score (nSPS) is 19.2. The highest BCUT2D eigenvalue weighted by atomic mass is 16.5. The maximum Gasteiger partial charge on any atom is 0.224 e. The van der Waals surface area contributed by atoms with Gasteiger partial charge in [0.15, 0.2) is 17.3 Å². The number of methoxy groups -OCH3 is 3. The number of hydrogen-bond acceptors (Lipinski definition) is 6. The van der Waals surface area contributed by atoms with Gasteiger partial charge in [-0.25, -0.2) is 0 Å². The van der Waals surface area contributed by atoms with Crippen molar-refractivity contribution in [3.05, 3.63) is 53.2 Å². The quantitative estimate of drug-likeness (QED) is 0.716. The molecule has 2 aromatic carbocycles. The van der Waals surface area contributed by atoms with Crippen LogP contribution in [0.1, 0.15) is 45.2 Å². The van der Waals surface area contributed by atoms with Crippen molar-refractivity contribution in [3.63, 3.8) is 0 Å². The van der Waals surface area contributed by atoms with Gasteiger partial charge in [-0.2, -0.15) is 0 Å². The molecule has 0 spiro atoms. The molecule has 1 N–H and O–H groups in total. The van der Waals surface area contributed by atoms with Crippen molar-refractivity contribution < 1.29 is 23.8 Å². The molecular formula is C26H30N2O5. The predicted molar refractivity (Wildman–Crippen MR) is 127 cm³/mol. The standard InChI is InChI=1S/C26H30N2O5/c1-15(29)28-19-10-8-7-9-17(19)27-18-13-26(2,3)14-20(30)23(18)24(28)16-11-21(31-4)25(33-6)22(12-16)32-5/h7-12,24,27H,13-14H2,1-6H3/t24-/m1/s1. The Morgan fingerprint density at radius 1 is 1.03 bits per heavy atom. The van der Waals surface area contributed by atoms with Crippen LogP contribution in [0.25, 0.3) is 0 Å². The van der Waals surface area contributed by atoms with Crippen molar-refractivity contribution in [2.75, 3.05) is 31.5 Å². The summed E-state index contributed by atoms with van der Waals surface area (Å²) in [7, 11) is 4.64. The average molecular weight is 451 g/mol. The third-order valence-corrected chi connectivity index (χ3v) is 6.24. The van der Waals surface area contributed by atoms with Gasteiger partial charge in [-0.15, -0.1) is 0 Å². The molecule has 0 aromatic heterocycles. The number of allylic oxidation sites excluding steroid dienone is 1. The van der Waals surface area contributed by atoms with Crippen LogP contribution in [-0.4, -0.2) is 33.0 Å². The van der Waals surface area contributed by atoms with Gasteiger partial charge >= 0.3 is 0 Å². The third kappa shape index (κ3) is 3.92. The molecule has 1 aliphatic carbocycles. The minimum Gasteiger partial charge on any atom is -0.493 e. The first kappa shape index (κ1) is 22.7. The minimum atomic E-state index is -0.647. The number of carbonyl (C=O) groups is 2. The Morgan fingerprint density at radius 3 is 2.24 bits per heavy atom. The lowest BCUT2D eigenvalue weighted by atomic mass is 9.73. The monoisotopic (exact) mass is 450 g/mol. The summed E-state index contributed by atoms with van der Waals surface area (Å²) in [5.41, 5.74) is 3.45. The number of nitrogens with zero attached hydrogens (tertiary/aromatic N) is 1. The molecule has 7 heteroatoms. The molecular weight excluding hydrogens is 420 g/mol. The Labute approximate surface area is 194 Å². The summed E-state index contributed by atoms with van der Waals surface area (Å²) >= 11 is 0. The second kappa shape index (κ2) is 8.46. The van der Waals surface area contributed by atoms with E-state index in [2.05, 4.69) is 19.2 Å². The molecule has 0 saturated carbocycles. The van der Waals surface area contributed by atoms with Gasteiger partial charge in [0.2, 0.25) is 11.7 Å². The molecule has 1 heterocycles. The first-order valence-electron chi connectivity index (χ1n) is 10.9. The van der Waals surface area contributed by atoms with E-state index in [-0.39, 0.29) is 17.1 Å². The van der Waals surface area contributed by atoms with Gasteiger partial charge in [0.05, 0.1) is 38.7 Å². The smallest absolute Gasteiger partial charge is 0.224 e. The zero-order chi connectivity index (χ0) is 23.9. The van der Waals surface area contributed by atoms with E-state index < -0.39 is 6.04 Å². The number of para-hydroxylation sites is 2. The van der Waals surface area contributed by atoms with Gasteiger partial charge < -0.3 is 19.5 Å². The van der Waals surface area contributed by atoms with Gasteiger partial charge in [-0.05, 0) is 41.7 Å². The van der Waals surface area contributed by atoms with Crippen LogP contribution < -0.4 is 24.4 Å². The number of carbonyl (C=O) groups excluding carboxylic acids is 2. The number of nitrogens with one attached hydrogen (secondary N) is 1. The molecule has 7 nitrogen and oxygen atoms in total. The Balaban J connectivity index is 2.05. The van der Waals surface area contributed by atoms with Crippen LogP contribution in [-0.2, 0) is 9.59 Å². The molecule has 2 aromatic rings. The van der Waals surface area contributed by atoms with Crippen LogP contribution in [0, 0.1) is 5.41 Å². The minimum absolute atomic E-state index is 0.0200. The first-order valence-corrected chi connectivity index (χ1v) is 10.9. The Bertz CT molecular complexity index is 1130. The van der Waals surface area contributed by atoms with E-state index >= 15 is 0 Å². The summed E-state index contributed by atoms with van der Waals surface area (Å²) in [6, 6.07) is 10.6. The van der Waals surface area contributed by atoms with Crippen LogP contribution in [0.4, 0.5) is 11.4 Å². The van der Waals surface area contributed by atoms with Gasteiger partial charge in [-0.1, -0.05) is 26.0 Å². The number of benzene rings is 2. The zero-order valence-corrected chi connectivity index (χ0v) is 19.9. The van der Waals surface area contributed by atoms with Crippen LogP contribution in [0.15, 0.2) is 47.7 Å². The van der Waals surface area contributed by atoms with Crippen LogP contribution >= 0.6 is 0 Å². The van der Waals surface area contributed by atoms with Gasteiger partial charge in [0.1, 0.15) is 0 Å². The van der Waals surface area contributed by atoms with Crippen molar-refractivity contribution in [2.45, 2.75) is 39.7 Å². The predicted octanol–water partition coefficient (Wildman–Crippen LogP) is 4.88. The van der Waals surface area contributed by atoms with Crippen molar-refractivity contribution >= 4 is 23.1 Å². The highest BCUT2D eigenvalue weighted by Gasteiger charge is 2.43. The second-order valence-electron chi connectivity index (χ2n) is 9.23. The first-order chi connectivity index (χ1) is 15.7. The summed E-state index contributed by atoms with van der Waals surface area (Å²) < 4.78 is 16.6. The Kier molecular flexibility index (Phi) is 5.82. The topological polar surface area (TPSA) is 77.1 Å². The fourth-order valence-electron chi connectivity index (χ4n) is 4.91. The van der Waals surface area contributed by atoms with Crippen LogP contribution in [0.2, 0.25) is 0 Å². The van der Waals surface area contributed by atoms with E-state index in [0.717, 1.165) is 11.4 Å². The van der Waals surface area contributed by atoms with E-state index in [1.165, 1.54) is 6.92 Å². The Hall–Kier alpha value is -3.48. The molecule has 0 unspecified atom stereocenters. The summed E-state index contributed by atoms with van der Waals surface area (Å²) in [5, 5.41) is 3.49. The molecule has 1 aliphatic heterocycles. The molecule has 1 amide bonds. The van der Waals surface area contributed by atoms with Crippen LogP contribution in [0.5, 0.6) is 17.2 Å². The van der Waals surface area contributed by atoms with Crippen molar-refractivity contribution in [2.24, 2.45) is 5.41 Å². The van der Waals surface area contributed by atoms with Crippen molar-refractivity contribution in [1.82, 2.24) is 0 Å². The average Bonchev–Trinajstić information content (AvgIpc) is 2.91. The Morgan fingerprint density at radius 2 is 1.67 bits per heavy atom. The van der Waals surface area contributed by atoms with Gasteiger partial charge in [-0.3, -0.25) is 14.5 Å². The van der Waals surface area contributed by atoms with E-state index in [4.69, 9.17) is 14.2 Å². The lowest BCUT2D eigenvalue weighted by Gasteiger charge is -2.37. The second-order valence-corrected chi connectivity index (χ2v) is 9.23. The molecule has 0 saturated heterocycles. The fourth-order valence-corrected chi connectivity index (χ4v) is 4.91. The number of ether oxygens (including phenoxy) is 3. The fraction of sp³-hybridized carbons (Fsp3) is 0.385. The SMILES string of the molecule is COc1cc([C@@H]2C3=C(CC(C)(C)CC3=O)Nc3ccccc3N2C(C)=O)cc(OC)c1OC. The van der Waals surface area contributed by atoms with Gasteiger partial charge in [0.25, 0.3) is 0 Å². The number of amides is 1. The van der Waals surface area contributed by atoms with Gasteiger partial charge in [0, 0.05) is 24.6 Å². The maximum absolute atomic E-state index is 13.6. The maximum atomic E-state index is 13.6. The van der Waals surface area contributed by atoms with E-state index in [9.17, 15) is 9.59 Å². The number of hydrogen-bond donors (Lipinski definition) is 1. The molecule has 174 valence electrons. The summed E-state index contributed by atoms with van der Waals surface area (Å²) in [6.45, 7) is 5.69. The number of ketones is 1. The summed E-state index contributed by atoms with van der Waals surface area (Å²) in [4.78, 5) is 28.4. The molecule has 2 aliphatic rings.